The van der Waals surface area contributed by atoms with Gasteiger partial charge in [-0.1, -0.05) is 0 Å². The minimum atomic E-state index is -0.950. The number of rotatable bonds is 8. The lowest BCUT2D eigenvalue weighted by Gasteiger charge is -2.29. The first-order valence-corrected chi connectivity index (χ1v) is 5.16. The van der Waals surface area contributed by atoms with E-state index in [1.165, 1.54) is 0 Å². The number of carbonyl (C=O) groups excluding carboxylic acids is 1. The molecule has 0 rings (SSSR count). The lowest BCUT2D eigenvalue weighted by molar-refractivity contribution is -0.159. The summed E-state index contributed by atoms with van der Waals surface area (Å²) in [4.78, 5) is 11.7. The van der Waals surface area contributed by atoms with E-state index in [9.17, 15) is 4.79 Å². The van der Waals surface area contributed by atoms with Crippen molar-refractivity contribution in [3.05, 3.63) is 0 Å². The Bertz CT molecular complexity index is 164. The van der Waals surface area contributed by atoms with Crippen molar-refractivity contribution in [3.8, 4) is 0 Å². The molecule has 0 aliphatic heterocycles. The number of carbonyl (C=O) groups is 1. The molecule has 0 atom stereocenters. The molecule has 0 bridgehead atoms. The Morgan fingerprint density at radius 2 is 1.47 bits per heavy atom. The molecule has 90 valence electrons. The number of ether oxygens (including phenoxy) is 1. The topological polar surface area (TPSA) is 87.0 Å². The van der Waals surface area contributed by atoms with Gasteiger partial charge in [-0.25, -0.2) is 0 Å². The summed E-state index contributed by atoms with van der Waals surface area (Å²) in [6.07, 6.45) is 0.604. The Balaban J connectivity index is 4.65. The van der Waals surface area contributed by atoms with E-state index in [1.54, 1.807) is 6.92 Å². The summed E-state index contributed by atoms with van der Waals surface area (Å²) < 4.78 is 4.89. The lowest BCUT2D eigenvalue weighted by atomic mass is 9.78. The molecule has 15 heavy (non-hydrogen) atoms. The Morgan fingerprint density at radius 3 is 1.73 bits per heavy atom. The summed E-state index contributed by atoms with van der Waals surface area (Å²) in [5, 5.41) is 26.7. The largest absolute Gasteiger partial charge is 0.466 e. The van der Waals surface area contributed by atoms with Gasteiger partial charge in [0.2, 0.25) is 0 Å². The highest BCUT2D eigenvalue weighted by Crippen LogP contribution is 2.32. The smallest absolute Gasteiger partial charge is 0.312 e. The van der Waals surface area contributed by atoms with Gasteiger partial charge in [-0.2, -0.15) is 0 Å². The number of hydrogen-bond donors (Lipinski definition) is 3. The summed E-state index contributed by atoms with van der Waals surface area (Å²) in [5.41, 5.74) is -0.950. The Hall–Kier alpha value is -0.650. The molecule has 0 heterocycles. The second-order valence-corrected chi connectivity index (χ2v) is 3.42. The Kier molecular flexibility index (Phi) is 7.29. The van der Waals surface area contributed by atoms with Gasteiger partial charge in [0, 0.05) is 19.8 Å². The molecule has 0 aliphatic carbocycles. The van der Waals surface area contributed by atoms with Gasteiger partial charge in [-0.05, 0) is 26.2 Å². The zero-order valence-corrected chi connectivity index (χ0v) is 9.11. The van der Waals surface area contributed by atoms with Crippen LogP contribution in [0, 0.1) is 5.41 Å². The molecule has 3 N–H and O–H groups in total. The third-order valence-electron chi connectivity index (χ3n) is 2.48. The van der Waals surface area contributed by atoms with Crippen LogP contribution in [0.25, 0.3) is 0 Å². The predicted octanol–water partition coefficient (Wildman–Crippen LogP) is -0.317. The molecule has 0 fully saturated rings. The molecule has 5 nitrogen and oxygen atoms in total. The standard InChI is InChI=1S/C10H20O5/c1-2-15-9(14)10(3-6-11,4-7-12)5-8-13/h11-13H,2-8H2,1H3. The van der Waals surface area contributed by atoms with Crippen molar-refractivity contribution in [2.75, 3.05) is 26.4 Å². The summed E-state index contributed by atoms with van der Waals surface area (Å²) in [7, 11) is 0. The van der Waals surface area contributed by atoms with Crippen LogP contribution in [0.1, 0.15) is 26.2 Å². The highest BCUT2D eigenvalue weighted by atomic mass is 16.5. The van der Waals surface area contributed by atoms with E-state index in [-0.39, 0.29) is 45.7 Å². The second kappa shape index (κ2) is 7.62. The molecule has 0 saturated heterocycles. The molecule has 0 saturated carbocycles. The maximum Gasteiger partial charge on any atom is 0.312 e. The zero-order chi connectivity index (χ0) is 11.7. The minimum absolute atomic E-state index is 0.168. The van der Waals surface area contributed by atoms with Gasteiger partial charge in [0.05, 0.1) is 12.0 Å². The quantitative estimate of drug-likeness (QED) is 0.488. The lowest BCUT2D eigenvalue weighted by Crippen LogP contribution is -2.36. The molecular weight excluding hydrogens is 200 g/mol. The van der Waals surface area contributed by atoms with Crippen LogP contribution in [0.3, 0.4) is 0 Å². The maximum atomic E-state index is 11.7. The average molecular weight is 220 g/mol. The van der Waals surface area contributed by atoms with E-state index in [2.05, 4.69) is 0 Å². The highest BCUT2D eigenvalue weighted by molar-refractivity contribution is 5.76. The van der Waals surface area contributed by atoms with Crippen molar-refractivity contribution in [2.45, 2.75) is 26.2 Å². The van der Waals surface area contributed by atoms with Gasteiger partial charge in [0.15, 0.2) is 0 Å². The van der Waals surface area contributed by atoms with E-state index in [4.69, 9.17) is 20.1 Å². The van der Waals surface area contributed by atoms with Crippen LogP contribution in [0.4, 0.5) is 0 Å². The number of hydrogen-bond acceptors (Lipinski definition) is 5. The van der Waals surface area contributed by atoms with E-state index in [1.807, 2.05) is 0 Å². The molecule has 0 unspecified atom stereocenters. The van der Waals surface area contributed by atoms with Crippen molar-refractivity contribution >= 4 is 5.97 Å². The van der Waals surface area contributed by atoms with Crippen molar-refractivity contribution in [2.24, 2.45) is 5.41 Å². The van der Waals surface area contributed by atoms with Crippen LogP contribution in [0.2, 0.25) is 0 Å². The second-order valence-electron chi connectivity index (χ2n) is 3.42. The molecule has 0 aromatic heterocycles. The first kappa shape index (κ1) is 14.3. The third-order valence-corrected chi connectivity index (χ3v) is 2.48. The van der Waals surface area contributed by atoms with Crippen molar-refractivity contribution in [1.82, 2.24) is 0 Å². The third kappa shape index (κ3) is 4.15. The van der Waals surface area contributed by atoms with E-state index in [0.717, 1.165) is 0 Å². The SMILES string of the molecule is CCOC(=O)C(CCO)(CCO)CCO. The Morgan fingerprint density at radius 1 is 1.07 bits per heavy atom. The van der Waals surface area contributed by atoms with Crippen LogP contribution >= 0.6 is 0 Å². The fourth-order valence-corrected chi connectivity index (χ4v) is 1.61. The molecule has 0 aromatic carbocycles. The van der Waals surface area contributed by atoms with Gasteiger partial charge in [0.25, 0.3) is 0 Å². The van der Waals surface area contributed by atoms with Crippen LogP contribution in [-0.4, -0.2) is 47.7 Å². The fraction of sp³-hybridized carbons (Fsp3) is 0.900. The molecule has 0 spiro atoms. The minimum Gasteiger partial charge on any atom is -0.466 e. The summed E-state index contributed by atoms with van der Waals surface area (Å²) >= 11 is 0. The van der Waals surface area contributed by atoms with Gasteiger partial charge in [0.1, 0.15) is 0 Å². The van der Waals surface area contributed by atoms with E-state index in [0.29, 0.717) is 0 Å². The first-order valence-electron chi connectivity index (χ1n) is 5.16. The van der Waals surface area contributed by atoms with Gasteiger partial charge >= 0.3 is 5.97 Å². The normalized spacial score (nSPS) is 11.5. The van der Waals surface area contributed by atoms with Crippen molar-refractivity contribution < 1.29 is 24.9 Å². The van der Waals surface area contributed by atoms with Gasteiger partial charge in [-0.15, -0.1) is 0 Å². The summed E-state index contributed by atoms with van der Waals surface area (Å²) in [5.74, 6) is -0.456. The van der Waals surface area contributed by atoms with E-state index >= 15 is 0 Å². The fourth-order valence-electron chi connectivity index (χ4n) is 1.61. The van der Waals surface area contributed by atoms with Crippen LogP contribution in [0.5, 0.6) is 0 Å². The molecule has 0 aromatic rings. The number of aliphatic hydroxyl groups excluding tert-OH is 3. The Labute approximate surface area is 89.7 Å². The molecule has 0 amide bonds. The van der Waals surface area contributed by atoms with Gasteiger partial charge in [-0.3, -0.25) is 4.79 Å². The molecule has 0 aliphatic rings. The van der Waals surface area contributed by atoms with E-state index < -0.39 is 11.4 Å². The van der Waals surface area contributed by atoms with Crippen molar-refractivity contribution in [3.63, 3.8) is 0 Å². The molecule has 0 radical (unpaired) electrons. The summed E-state index contributed by atoms with van der Waals surface area (Å²) in [6, 6.07) is 0. The number of esters is 1. The van der Waals surface area contributed by atoms with Gasteiger partial charge < -0.3 is 20.1 Å². The van der Waals surface area contributed by atoms with Crippen LogP contribution in [0.15, 0.2) is 0 Å². The monoisotopic (exact) mass is 220 g/mol. The highest BCUT2D eigenvalue weighted by Gasteiger charge is 2.38. The van der Waals surface area contributed by atoms with Crippen LogP contribution < -0.4 is 0 Å². The molecule has 5 heteroatoms. The van der Waals surface area contributed by atoms with Crippen molar-refractivity contribution in [1.29, 1.82) is 0 Å². The average Bonchev–Trinajstić information content (AvgIpc) is 2.19. The van der Waals surface area contributed by atoms with Crippen LogP contribution in [-0.2, 0) is 9.53 Å². The number of aliphatic hydroxyl groups is 3. The zero-order valence-electron chi connectivity index (χ0n) is 9.11. The molecular formula is C10H20O5. The first-order chi connectivity index (χ1) is 7.16. The predicted molar refractivity (Wildman–Crippen MR) is 54.2 cm³/mol. The summed E-state index contributed by atoms with van der Waals surface area (Å²) in [6.45, 7) is 1.44. The maximum absolute atomic E-state index is 11.7.